The molecule has 0 aliphatic carbocycles. The quantitative estimate of drug-likeness (QED) is 0.354. The number of aliphatic carboxylic acids is 1. The normalized spacial score (nSPS) is 21.7. The van der Waals surface area contributed by atoms with Crippen LogP contribution < -0.4 is 11.5 Å². The lowest BCUT2D eigenvalue weighted by molar-refractivity contribution is -0.137. The summed E-state index contributed by atoms with van der Waals surface area (Å²) >= 11 is 1.23. The van der Waals surface area contributed by atoms with Crippen molar-refractivity contribution in [2.75, 3.05) is 5.75 Å². The van der Waals surface area contributed by atoms with E-state index >= 15 is 0 Å². The summed E-state index contributed by atoms with van der Waals surface area (Å²) in [7, 11) is 0. The molecule has 0 aromatic heterocycles. The first-order valence-electron chi connectivity index (χ1n) is 3.12. The number of nitrogens with two attached hydrogens (primary N) is 2. The molecule has 1 aliphatic rings. The van der Waals surface area contributed by atoms with Crippen LogP contribution in [0.25, 0.3) is 0 Å². The fraction of sp³-hybridized carbons (Fsp3) is 0.400. The van der Waals surface area contributed by atoms with Crippen molar-refractivity contribution in [3.63, 3.8) is 0 Å². The van der Waals surface area contributed by atoms with Crippen LogP contribution in [0, 0.1) is 0 Å². The number of nitrogens with zero attached hydrogens (tertiary/aromatic N) is 2. The summed E-state index contributed by atoms with van der Waals surface area (Å²) < 4.78 is 0. The summed E-state index contributed by atoms with van der Waals surface area (Å²) in [5.41, 5.74) is 10.2. The van der Waals surface area contributed by atoms with Crippen molar-refractivity contribution in [1.29, 1.82) is 0 Å². The number of rotatable bonds is 1. The van der Waals surface area contributed by atoms with E-state index in [1.807, 2.05) is 0 Å². The van der Waals surface area contributed by atoms with Crippen molar-refractivity contribution in [2.24, 2.45) is 21.5 Å². The summed E-state index contributed by atoms with van der Waals surface area (Å²) in [6.07, 6.45) is 0. The molecule has 0 aromatic carbocycles. The molecule has 0 bridgehead atoms. The minimum Gasteiger partial charge on any atom is -0.480 e. The second-order valence-corrected chi connectivity index (χ2v) is 3.10. The van der Waals surface area contributed by atoms with Crippen molar-refractivity contribution in [3.8, 4) is 0 Å². The van der Waals surface area contributed by atoms with Crippen molar-refractivity contribution in [2.45, 2.75) is 6.04 Å². The largest absolute Gasteiger partial charge is 0.480 e. The lowest BCUT2D eigenvalue weighted by Crippen LogP contribution is -2.23. The van der Waals surface area contributed by atoms with Gasteiger partial charge in [0, 0.05) is 5.75 Å². The Hall–Kier alpha value is -1.24. The maximum Gasteiger partial charge on any atom is 0.329 e. The van der Waals surface area contributed by atoms with Gasteiger partial charge in [0.05, 0.1) is 0 Å². The molecule has 0 aromatic rings. The molecule has 6 nitrogen and oxygen atoms in total. The molecule has 0 saturated heterocycles. The van der Waals surface area contributed by atoms with Crippen molar-refractivity contribution in [3.05, 3.63) is 0 Å². The fourth-order valence-corrected chi connectivity index (χ4v) is 1.56. The summed E-state index contributed by atoms with van der Waals surface area (Å²) in [6.45, 7) is 0. The molecule has 0 fully saturated rings. The topological polar surface area (TPSA) is 114 Å². The number of carboxylic acids is 1. The van der Waals surface area contributed by atoms with Gasteiger partial charge in [-0.05, 0) is 0 Å². The first kappa shape index (κ1) is 8.85. The molecule has 0 saturated carbocycles. The number of hydrogen-bond donors (Lipinski definition) is 3. The van der Waals surface area contributed by atoms with Crippen LogP contribution in [0.4, 0.5) is 0 Å². The third-order valence-electron chi connectivity index (χ3n) is 1.15. The maximum absolute atomic E-state index is 10.4. The summed E-state index contributed by atoms with van der Waals surface area (Å²) in [4.78, 5) is 17.8. The van der Waals surface area contributed by atoms with Gasteiger partial charge in [0.2, 0.25) is 0 Å². The number of thioether (sulfide) groups is 1. The molecule has 1 unspecified atom stereocenters. The highest BCUT2D eigenvalue weighted by atomic mass is 32.2. The predicted molar refractivity (Wildman–Crippen MR) is 47.1 cm³/mol. The number of carboxylic acid groups (broad SMARTS) is 1. The van der Waals surface area contributed by atoms with Gasteiger partial charge in [-0.1, -0.05) is 11.8 Å². The summed E-state index contributed by atoms with van der Waals surface area (Å²) in [6, 6.07) is -0.715. The van der Waals surface area contributed by atoms with Crippen molar-refractivity contribution < 1.29 is 9.90 Å². The predicted octanol–water partition coefficient (Wildman–Crippen LogP) is -1.18. The molecular weight excluding hydrogens is 180 g/mol. The van der Waals surface area contributed by atoms with Gasteiger partial charge in [-0.3, -0.25) is 0 Å². The van der Waals surface area contributed by atoms with Gasteiger partial charge in [-0.15, -0.1) is 0 Å². The SMILES string of the molecule is NC(N)=NC1=NC(C(=O)O)CS1. The van der Waals surface area contributed by atoms with E-state index in [4.69, 9.17) is 16.6 Å². The van der Waals surface area contributed by atoms with Crippen molar-refractivity contribution in [1.82, 2.24) is 0 Å². The Balaban J connectivity index is 2.66. The zero-order valence-corrected chi connectivity index (χ0v) is 6.91. The molecule has 0 amide bonds. The van der Waals surface area contributed by atoms with E-state index < -0.39 is 12.0 Å². The molecule has 5 N–H and O–H groups in total. The number of guanidine groups is 1. The number of aliphatic imine (C=N–C) groups is 2. The van der Waals surface area contributed by atoms with Crippen LogP contribution in [0.15, 0.2) is 9.98 Å². The van der Waals surface area contributed by atoms with Gasteiger partial charge in [-0.25, -0.2) is 9.79 Å². The monoisotopic (exact) mass is 188 g/mol. The van der Waals surface area contributed by atoms with Crippen LogP contribution in [0.3, 0.4) is 0 Å². The maximum atomic E-state index is 10.4. The molecule has 1 rings (SSSR count). The van der Waals surface area contributed by atoms with Crippen LogP contribution in [-0.2, 0) is 4.79 Å². The third-order valence-corrected chi connectivity index (χ3v) is 2.08. The van der Waals surface area contributed by atoms with Crippen LogP contribution >= 0.6 is 11.8 Å². The van der Waals surface area contributed by atoms with Crippen LogP contribution in [0.5, 0.6) is 0 Å². The molecule has 7 heteroatoms. The first-order chi connectivity index (χ1) is 5.59. The fourth-order valence-electron chi connectivity index (χ4n) is 0.659. The molecule has 12 heavy (non-hydrogen) atoms. The van der Waals surface area contributed by atoms with E-state index in [0.29, 0.717) is 10.9 Å². The van der Waals surface area contributed by atoms with E-state index in [1.165, 1.54) is 11.8 Å². The lowest BCUT2D eigenvalue weighted by atomic mass is 10.4. The second kappa shape index (κ2) is 3.44. The van der Waals surface area contributed by atoms with Gasteiger partial charge in [0.25, 0.3) is 0 Å². The highest BCUT2D eigenvalue weighted by Crippen LogP contribution is 2.18. The lowest BCUT2D eigenvalue weighted by Gasteiger charge is -1.93. The first-order valence-corrected chi connectivity index (χ1v) is 4.11. The number of carbonyl (C=O) groups is 1. The minimum atomic E-state index is -0.955. The summed E-state index contributed by atoms with van der Waals surface area (Å²) in [5.74, 6) is -0.669. The molecular formula is C5H8N4O2S. The van der Waals surface area contributed by atoms with E-state index in [9.17, 15) is 4.79 Å². The Bertz CT molecular complexity index is 258. The minimum absolute atomic E-state index is 0.104. The molecule has 0 spiro atoms. The summed E-state index contributed by atoms with van der Waals surface area (Å²) in [5, 5.41) is 8.87. The van der Waals surface area contributed by atoms with Crippen molar-refractivity contribution >= 4 is 28.9 Å². The highest BCUT2D eigenvalue weighted by Gasteiger charge is 2.24. The van der Waals surface area contributed by atoms with E-state index in [2.05, 4.69) is 9.98 Å². The van der Waals surface area contributed by atoms with Gasteiger partial charge in [0.1, 0.15) is 0 Å². The van der Waals surface area contributed by atoms with E-state index in [1.54, 1.807) is 0 Å². The van der Waals surface area contributed by atoms with Crippen LogP contribution in [0.2, 0.25) is 0 Å². The Kier molecular flexibility index (Phi) is 2.54. The van der Waals surface area contributed by atoms with Crippen LogP contribution in [0.1, 0.15) is 0 Å². The van der Waals surface area contributed by atoms with E-state index in [0.717, 1.165) is 0 Å². The third kappa shape index (κ3) is 2.12. The molecule has 66 valence electrons. The molecule has 1 heterocycles. The Morgan fingerprint density at radius 3 is 2.83 bits per heavy atom. The van der Waals surface area contributed by atoms with Gasteiger partial charge < -0.3 is 16.6 Å². The number of amidine groups is 1. The second-order valence-electron chi connectivity index (χ2n) is 2.11. The molecule has 0 radical (unpaired) electrons. The Morgan fingerprint density at radius 2 is 2.42 bits per heavy atom. The smallest absolute Gasteiger partial charge is 0.329 e. The standard InChI is InChI=1S/C5H8N4O2S/c6-4(7)9-5-8-2(1-12-5)3(10)11/h2H,1H2,(H,10,11)(H4,6,7,8,9). The Labute approximate surface area is 72.7 Å². The average molecular weight is 188 g/mol. The van der Waals surface area contributed by atoms with E-state index in [-0.39, 0.29) is 5.96 Å². The zero-order valence-electron chi connectivity index (χ0n) is 6.10. The van der Waals surface area contributed by atoms with Crippen LogP contribution in [-0.4, -0.2) is 34.0 Å². The zero-order chi connectivity index (χ0) is 9.14. The van der Waals surface area contributed by atoms with Gasteiger partial charge in [0.15, 0.2) is 17.2 Å². The van der Waals surface area contributed by atoms with Gasteiger partial charge >= 0.3 is 5.97 Å². The number of hydrogen-bond acceptors (Lipinski definition) is 4. The Morgan fingerprint density at radius 1 is 1.75 bits per heavy atom. The highest BCUT2D eigenvalue weighted by molar-refractivity contribution is 8.14. The molecule has 1 aliphatic heterocycles. The van der Waals surface area contributed by atoms with Gasteiger partial charge in [-0.2, -0.15) is 4.99 Å². The molecule has 1 atom stereocenters. The average Bonchev–Trinajstić information content (AvgIpc) is 2.34.